The fraction of sp³-hybridized carbons (Fsp3) is 0.538. The van der Waals surface area contributed by atoms with Gasteiger partial charge in [-0.3, -0.25) is 9.78 Å². The van der Waals surface area contributed by atoms with Gasteiger partial charge in [0.1, 0.15) is 5.69 Å². The first-order valence-electron chi connectivity index (χ1n) is 6.36. The van der Waals surface area contributed by atoms with Crippen molar-refractivity contribution >= 4 is 5.91 Å². The van der Waals surface area contributed by atoms with Gasteiger partial charge in [0.15, 0.2) is 0 Å². The van der Waals surface area contributed by atoms with Crippen LogP contribution in [0.4, 0.5) is 13.2 Å². The molecule has 110 valence electrons. The zero-order chi connectivity index (χ0) is 14.8. The summed E-state index contributed by atoms with van der Waals surface area (Å²) in [6.07, 6.45) is -1.69. The standard InChI is InChI=1S/C13H15F3N2O2/c14-13(15,16)11-4-2-9(7-17-11)12(20)18-6-8-1-3-10(19)5-8/h2,4,7-8,10,19H,1,3,5-6H2,(H,18,20). The van der Waals surface area contributed by atoms with E-state index in [4.69, 9.17) is 0 Å². The summed E-state index contributed by atoms with van der Waals surface area (Å²) in [6.45, 7) is 0.414. The summed E-state index contributed by atoms with van der Waals surface area (Å²) < 4.78 is 37.0. The molecule has 2 unspecified atom stereocenters. The zero-order valence-corrected chi connectivity index (χ0v) is 10.7. The van der Waals surface area contributed by atoms with Crippen LogP contribution >= 0.6 is 0 Å². The third kappa shape index (κ3) is 3.69. The first kappa shape index (κ1) is 14.8. The van der Waals surface area contributed by atoms with E-state index in [1.54, 1.807) is 0 Å². The highest BCUT2D eigenvalue weighted by molar-refractivity contribution is 5.93. The summed E-state index contributed by atoms with van der Waals surface area (Å²) in [7, 11) is 0. The Kier molecular flexibility index (Phi) is 4.27. The van der Waals surface area contributed by atoms with Crippen LogP contribution in [-0.2, 0) is 6.18 Å². The molecule has 0 spiro atoms. The normalized spacial score (nSPS) is 22.8. The average Bonchev–Trinajstić information content (AvgIpc) is 2.81. The molecule has 0 aromatic carbocycles. The number of halogens is 3. The molecule has 1 fully saturated rings. The van der Waals surface area contributed by atoms with Crippen LogP contribution in [0.15, 0.2) is 18.3 Å². The Labute approximate surface area is 114 Å². The van der Waals surface area contributed by atoms with Crippen molar-refractivity contribution in [2.45, 2.75) is 31.5 Å². The summed E-state index contributed by atoms with van der Waals surface area (Å²) in [5, 5.41) is 12.0. The molecule has 1 aliphatic carbocycles. The number of amides is 1. The van der Waals surface area contributed by atoms with E-state index in [0.29, 0.717) is 13.0 Å². The molecule has 1 amide bonds. The van der Waals surface area contributed by atoms with E-state index in [-0.39, 0.29) is 17.6 Å². The Hall–Kier alpha value is -1.63. The monoisotopic (exact) mass is 288 g/mol. The predicted molar refractivity (Wildman–Crippen MR) is 64.9 cm³/mol. The van der Waals surface area contributed by atoms with Gasteiger partial charge < -0.3 is 10.4 Å². The molecule has 7 heteroatoms. The van der Waals surface area contributed by atoms with E-state index in [0.717, 1.165) is 31.2 Å². The number of pyridine rings is 1. The SMILES string of the molecule is O=C(NCC1CCC(O)C1)c1ccc(C(F)(F)F)nc1. The van der Waals surface area contributed by atoms with Crippen LogP contribution in [0.2, 0.25) is 0 Å². The van der Waals surface area contributed by atoms with E-state index in [1.165, 1.54) is 0 Å². The van der Waals surface area contributed by atoms with Crippen LogP contribution < -0.4 is 5.32 Å². The molecular formula is C13H15F3N2O2. The van der Waals surface area contributed by atoms with Gasteiger partial charge in [0.05, 0.1) is 11.7 Å². The summed E-state index contributed by atoms with van der Waals surface area (Å²) in [5.41, 5.74) is -0.926. The van der Waals surface area contributed by atoms with Gasteiger partial charge in [0, 0.05) is 12.7 Å². The van der Waals surface area contributed by atoms with Gasteiger partial charge in [-0.05, 0) is 37.3 Å². The molecule has 1 saturated carbocycles. The average molecular weight is 288 g/mol. The number of rotatable bonds is 3. The first-order chi connectivity index (χ1) is 9.36. The number of nitrogens with zero attached hydrogens (tertiary/aromatic N) is 1. The van der Waals surface area contributed by atoms with E-state index in [2.05, 4.69) is 10.3 Å². The molecule has 0 aliphatic heterocycles. The second-order valence-electron chi connectivity index (χ2n) is 4.97. The van der Waals surface area contributed by atoms with Crippen LogP contribution in [0.25, 0.3) is 0 Å². The van der Waals surface area contributed by atoms with Crippen LogP contribution in [-0.4, -0.2) is 28.6 Å². The lowest BCUT2D eigenvalue weighted by Crippen LogP contribution is -2.28. The molecule has 1 heterocycles. The zero-order valence-electron chi connectivity index (χ0n) is 10.7. The number of hydrogen-bond acceptors (Lipinski definition) is 3. The quantitative estimate of drug-likeness (QED) is 0.894. The molecule has 1 aromatic rings. The van der Waals surface area contributed by atoms with Gasteiger partial charge in [0.25, 0.3) is 5.91 Å². The number of aliphatic hydroxyl groups is 1. The maximum Gasteiger partial charge on any atom is 0.433 e. The topological polar surface area (TPSA) is 62.2 Å². The van der Waals surface area contributed by atoms with Crippen LogP contribution in [0.1, 0.15) is 35.3 Å². The summed E-state index contributed by atoms with van der Waals surface area (Å²) in [4.78, 5) is 15.0. The number of carbonyl (C=O) groups is 1. The lowest BCUT2D eigenvalue weighted by molar-refractivity contribution is -0.141. The van der Waals surface area contributed by atoms with Gasteiger partial charge in [-0.15, -0.1) is 0 Å². The van der Waals surface area contributed by atoms with Crippen molar-refractivity contribution in [1.29, 1.82) is 0 Å². The van der Waals surface area contributed by atoms with Crippen molar-refractivity contribution in [3.05, 3.63) is 29.6 Å². The number of aliphatic hydroxyl groups excluding tert-OH is 1. The summed E-state index contributed by atoms with van der Waals surface area (Å²) >= 11 is 0. The van der Waals surface area contributed by atoms with Crippen molar-refractivity contribution in [2.24, 2.45) is 5.92 Å². The highest BCUT2D eigenvalue weighted by Gasteiger charge is 2.32. The lowest BCUT2D eigenvalue weighted by Gasteiger charge is -2.11. The van der Waals surface area contributed by atoms with Crippen LogP contribution in [0, 0.1) is 5.92 Å². The molecule has 2 atom stereocenters. The van der Waals surface area contributed by atoms with Crippen molar-refractivity contribution in [1.82, 2.24) is 10.3 Å². The predicted octanol–water partition coefficient (Wildman–Crippen LogP) is 1.99. The molecule has 0 saturated heterocycles. The van der Waals surface area contributed by atoms with Crippen molar-refractivity contribution in [3.63, 3.8) is 0 Å². The number of nitrogens with one attached hydrogen (secondary N) is 1. The fourth-order valence-corrected chi connectivity index (χ4v) is 2.27. The van der Waals surface area contributed by atoms with Crippen molar-refractivity contribution < 1.29 is 23.1 Å². The third-order valence-electron chi connectivity index (χ3n) is 3.38. The van der Waals surface area contributed by atoms with Crippen LogP contribution in [0.5, 0.6) is 0 Å². The number of carbonyl (C=O) groups excluding carboxylic acids is 1. The number of alkyl halides is 3. The molecule has 0 radical (unpaired) electrons. The maximum absolute atomic E-state index is 12.3. The van der Waals surface area contributed by atoms with E-state index >= 15 is 0 Å². The Bertz CT molecular complexity index is 473. The van der Waals surface area contributed by atoms with E-state index < -0.39 is 17.8 Å². The highest BCUT2D eigenvalue weighted by Crippen LogP contribution is 2.27. The Balaban J connectivity index is 1.89. The molecule has 2 N–H and O–H groups in total. The molecular weight excluding hydrogens is 273 g/mol. The van der Waals surface area contributed by atoms with Gasteiger partial charge in [0.2, 0.25) is 0 Å². The minimum atomic E-state index is -4.50. The fourth-order valence-electron chi connectivity index (χ4n) is 2.27. The summed E-state index contributed by atoms with van der Waals surface area (Å²) in [6, 6.07) is 1.89. The summed E-state index contributed by atoms with van der Waals surface area (Å²) in [5.74, 6) is -0.232. The second-order valence-corrected chi connectivity index (χ2v) is 4.97. The maximum atomic E-state index is 12.3. The lowest BCUT2D eigenvalue weighted by atomic mass is 10.1. The smallest absolute Gasteiger partial charge is 0.393 e. The number of aromatic nitrogens is 1. The molecule has 4 nitrogen and oxygen atoms in total. The van der Waals surface area contributed by atoms with E-state index in [9.17, 15) is 23.1 Å². The van der Waals surface area contributed by atoms with Gasteiger partial charge in [-0.25, -0.2) is 0 Å². The first-order valence-corrected chi connectivity index (χ1v) is 6.36. The van der Waals surface area contributed by atoms with Crippen molar-refractivity contribution in [3.8, 4) is 0 Å². The van der Waals surface area contributed by atoms with Gasteiger partial charge in [-0.2, -0.15) is 13.2 Å². The third-order valence-corrected chi connectivity index (χ3v) is 3.38. The minimum absolute atomic E-state index is 0.0940. The molecule has 0 bridgehead atoms. The Morgan fingerprint density at radius 3 is 2.65 bits per heavy atom. The number of hydrogen-bond donors (Lipinski definition) is 2. The van der Waals surface area contributed by atoms with Gasteiger partial charge >= 0.3 is 6.18 Å². The Morgan fingerprint density at radius 1 is 1.40 bits per heavy atom. The van der Waals surface area contributed by atoms with E-state index in [1.807, 2.05) is 0 Å². The molecule has 1 aromatic heterocycles. The largest absolute Gasteiger partial charge is 0.433 e. The Morgan fingerprint density at radius 2 is 2.15 bits per heavy atom. The van der Waals surface area contributed by atoms with Crippen LogP contribution in [0.3, 0.4) is 0 Å². The second kappa shape index (κ2) is 5.78. The van der Waals surface area contributed by atoms with Gasteiger partial charge in [-0.1, -0.05) is 0 Å². The molecule has 1 aliphatic rings. The highest BCUT2D eigenvalue weighted by atomic mass is 19.4. The van der Waals surface area contributed by atoms with Crippen molar-refractivity contribution in [2.75, 3.05) is 6.54 Å². The molecule has 2 rings (SSSR count). The molecule has 20 heavy (non-hydrogen) atoms. The minimum Gasteiger partial charge on any atom is -0.393 e.